The fourth-order valence-corrected chi connectivity index (χ4v) is 4.66. The van der Waals surface area contributed by atoms with Gasteiger partial charge in [-0.05, 0) is 19.9 Å². The first-order valence-electron chi connectivity index (χ1n) is 10.7. The summed E-state index contributed by atoms with van der Waals surface area (Å²) in [5.74, 6) is 0.824. The van der Waals surface area contributed by atoms with E-state index in [1.165, 1.54) is 29.4 Å². The van der Waals surface area contributed by atoms with Crippen LogP contribution in [0.1, 0.15) is 12.6 Å². The van der Waals surface area contributed by atoms with Gasteiger partial charge in [0.15, 0.2) is 11.4 Å². The van der Waals surface area contributed by atoms with Gasteiger partial charge in [-0.2, -0.15) is 5.10 Å². The van der Waals surface area contributed by atoms with Crippen LogP contribution < -0.4 is 10.4 Å². The molecule has 4 heterocycles. The Hall–Kier alpha value is -3.95. The second-order valence-electron chi connectivity index (χ2n) is 8.62. The summed E-state index contributed by atoms with van der Waals surface area (Å²) >= 11 is 0. The molecule has 0 spiro atoms. The van der Waals surface area contributed by atoms with Gasteiger partial charge in [0, 0.05) is 42.9 Å². The Kier molecular flexibility index (Phi) is 4.85. The maximum Gasteiger partial charge on any atom is 0.333 e. The van der Waals surface area contributed by atoms with Crippen LogP contribution in [0.25, 0.3) is 38.8 Å². The highest BCUT2D eigenvalue weighted by Gasteiger charge is 2.38. The number of allylic oxidation sites excluding steroid dienone is 1. The van der Waals surface area contributed by atoms with Crippen molar-refractivity contribution in [2.24, 2.45) is 19.1 Å². The van der Waals surface area contributed by atoms with Crippen molar-refractivity contribution in [1.29, 1.82) is 0 Å². The zero-order chi connectivity index (χ0) is 24.4. The van der Waals surface area contributed by atoms with Crippen LogP contribution in [0.15, 0.2) is 40.1 Å². The van der Waals surface area contributed by atoms with E-state index < -0.39 is 11.4 Å². The smallest absolute Gasteiger partial charge is 0.333 e. The van der Waals surface area contributed by atoms with Gasteiger partial charge in [0.25, 0.3) is 0 Å². The highest BCUT2D eigenvalue weighted by molar-refractivity contribution is 6.07. The van der Waals surface area contributed by atoms with E-state index in [1.54, 1.807) is 25.0 Å². The van der Waals surface area contributed by atoms with Gasteiger partial charge in [0.2, 0.25) is 0 Å². The number of ether oxygens (including phenoxy) is 2. The quantitative estimate of drug-likeness (QED) is 0.463. The van der Waals surface area contributed by atoms with Gasteiger partial charge < -0.3 is 9.47 Å². The van der Waals surface area contributed by atoms with Crippen LogP contribution in [0.5, 0.6) is 5.75 Å². The number of dihydropyridines is 1. The van der Waals surface area contributed by atoms with Crippen molar-refractivity contribution in [3.63, 3.8) is 0 Å². The van der Waals surface area contributed by atoms with Crippen LogP contribution in [0, 0.1) is 6.92 Å². The van der Waals surface area contributed by atoms with Crippen molar-refractivity contribution >= 4 is 33.8 Å². The molecule has 0 saturated carbocycles. The van der Waals surface area contributed by atoms with Gasteiger partial charge in [0.1, 0.15) is 11.4 Å². The Morgan fingerprint density at radius 3 is 2.56 bits per heavy atom. The summed E-state index contributed by atoms with van der Waals surface area (Å²) in [6.45, 7) is 3.21. The lowest BCUT2D eigenvalue weighted by Gasteiger charge is -2.27. The Morgan fingerprint density at radius 2 is 1.91 bits per heavy atom. The molecular formula is C24H25FN6O3. The summed E-state index contributed by atoms with van der Waals surface area (Å²) in [5.41, 5.74) is 2.03. The molecule has 1 atom stereocenters. The third kappa shape index (κ3) is 3.05. The van der Waals surface area contributed by atoms with E-state index in [-0.39, 0.29) is 18.0 Å². The SMILES string of the molecule is COC1=C(n2c(=O)n(C)c3cnc4cc(OC)c(-c5cn(C)nc5C)cc4c32)C(C)(F)CN=C1. The van der Waals surface area contributed by atoms with Gasteiger partial charge in [-0.25, -0.2) is 9.18 Å². The minimum absolute atomic E-state index is 0.114. The number of methoxy groups -OCH3 is 2. The number of hydrogen-bond donors (Lipinski definition) is 0. The molecule has 0 radical (unpaired) electrons. The lowest BCUT2D eigenvalue weighted by atomic mass is 9.99. The Labute approximate surface area is 194 Å². The van der Waals surface area contributed by atoms with E-state index in [4.69, 9.17) is 9.47 Å². The molecule has 3 aromatic heterocycles. The average Bonchev–Trinajstić information content (AvgIpc) is 3.27. The number of benzene rings is 1. The molecule has 5 rings (SSSR count). The highest BCUT2D eigenvalue weighted by Crippen LogP contribution is 2.39. The maximum absolute atomic E-state index is 15.8. The third-order valence-electron chi connectivity index (χ3n) is 6.28. The first-order valence-corrected chi connectivity index (χ1v) is 10.7. The molecule has 1 unspecified atom stereocenters. The molecule has 0 fully saturated rings. The molecule has 0 amide bonds. The van der Waals surface area contributed by atoms with Gasteiger partial charge in [-0.3, -0.25) is 23.8 Å². The molecule has 0 aliphatic carbocycles. The number of aryl methyl sites for hydroxylation is 3. The number of pyridine rings is 1. The van der Waals surface area contributed by atoms with Crippen LogP contribution in [0.4, 0.5) is 4.39 Å². The lowest BCUT2D eigenvalue weighted by Crippen LogP contribution is -2.37. The standard InChI is InChI=1S/C24H25FN6O3/c1-13-16(11-29(3)28-13)14-7-15-17(8-19(14)33-5)27-9-18-21(15)31(23(32)30(18)4)22-20(34-6)10-26-12-24(22,2)25/h7-11H,12H2,1-6H3. The molecule has 10 heteroatoms. The van der Waals surface area contributed by atoms with Crippen molar-refractivity contribution < 1.29 is 13.9 Å². The zero-order valence-electron chi connectivity index (χ0n) is 19.9. The summed E-state index contributed by atoms with van der Waals surface area (Å²) in [7, 11) is 6.53. The van der Waals surface area contributed by atoms with E-state index in [0.717, 1.165) is 16.8 Å². The average molecular weight is 465 g/mol. The molecule has 1 aliphatic heterocycles. The van der Waals surface area contributed by atoms with Crippen molar-refractivity contribution in [2.75, 3.05) is 20.8 Å². The summed E-state index contributed by atoms with van der Waals surface area (Å²) < 4.78 is 31.5. The molecule has 34 heavy (non-hydrogen) atoms. The fourth-order valence-electron chi connectivity index (χ4n) is 4.66. The van der Waals surface area contributed by atoms with Crippen molar-refractivity contribution in [3.05, 3.63) is 46.5 Å². The van der Waals surface area contributed by atoms with Gasteiger partial charge in [0.05, 0.1) is 55.4 Å². The minimum Gasteiger partial charge on any atom is -0.496 e. The number of halogens is 1. The molecule has 9 nitrogen and oxygen atoms in total. The molecule has 0 bridgehead atoms. The zero-order valence-corrected chi connectivity index (χ0v) is 19.9. The second kappa shape index (κ2) is 7.54. The Bertz CT molecular complexity index is 1590. The molecule has 1 aliphatic rings. The first-order chi connectivity index (χ1) is 16.2. The second-order valence-corrected chi connectivity index (χ2v) is 8.62. The number of aliphatic imine (C=N–C) groups is 1. The molecular weight excluding hydrogens is 439 g/mol. The fraction of sp³-hybridized carbons (Fsp3) is 0.333. The van der Waals surface area contributed by atoms with Gasteiger partial charge in [-0.15, -0.1) is 0 Å². The minimum atomic E-state index is -1.91. The van der Waals surface area contributed by atoms with Gasteiger partial charge in [-0.1, -0.05) is 0 Å². The monoisotopic (exact) mass is 464 g/mol. The third-order valence-corrected chi connectivity index (χ3v) is 6.28. The van der Waals surface area contributed by atoms with Crippen LogP contribution >= 0.6 is 0 Å². The summed E-state index contributed by atoms with van der Waals surface area (Å²) in [5, 5.41) is 5.13. The van der Waals surface area contributed by atoms with Crippen LogP contribution in [0.2, 0.25) is 0 Å². The Morgan fingerprint density at radius 1 is 1.15 bits per heavy atom. The van der Waals surface area contributed by atoms with E-state index >= 15 is 4.39 Å². The predicted octanol–water partition coefficient (Wildman–Crippen LogP) is 3.23. The lowest BCUT2D eigenvalue weighted by molar-refractivity contribution is 0.247. The number of rotatable bonds is 4. The van der Waals surface area contributed by atoms with E-state index in [0.29, 0.717) is 27.7 Å². The highest BCUT2D eigenvalue weighted by atomic mass is 19.1. The Balaban J connectivity index is 1.96. The van der Waals surface area contributed by atoms with E-state index in [2.05, 4.69) is 15.1 Å². The number of imidazole rings is 1. The largest absolute Gasteiger partial charge is 0.496 e. The molecule has 176 valence electrons. The van der Waals surface area contributed by atoms with Crippen LogP contribution in [-0.4, -0.2) is 56.5 Å². The predicted molar refractivity (Wildman–Crippen MR) is 129 cm³/mol. The van der Waals surface area contributed by atoms with Crippen LogP contribution in [-0.2, 0) is 18.8 Å². The molecule has 0 N–H and O–H groups in total. The number of alkyl halides is 1. The van der Waals surface area contributed by atoms with Gasteiger partial charge >= 0.3 is 5.69 Å². The topological polar surface area (TPSA) is 88.5 Å². The molecule has 4 aromatic rings. The number of fused-ring (bicyclic) bond motifs is 3. The number of nitrogens with zero attached hydrogens (tertiary/aromatic N) is 6. The molecule has 0 saturated heterocycles. The van der Waals surface area contributed by atoms with Crippen molar-refractivity contribution in [1.82, 2.24) is 23.9 Å². The number of aromatic nitrogens is 5. The first kappa shape index (κ1) is 21.9. The summed E-state index contributed by atoms with van der Waals surface area (Å²) in [6, 6.07) is 3.74. The van der Waals surface area contributed by atoms with Crippen LogP contribution in [0.3, 0.4) is 0 Å². The molecule has 1 aromatic carbocycles. The van der Waals surface area contributed by atoms with Crippen molar-refractivity contribution in [3.8, 4) is 16.9 Å². The maximum atomic E-state index is 15.8. The van der Waals surface area contributed by atoms with E-state index in [9.17, 15) is 4.79 Å². The van der Waals surface area contributed by atoms with E-state index in [1.807, 2.05) is 32.3 Å². The normalized spacial score (nSPS) is 18.3. The summed E-state index contributed by atoms with van der Waals surface area (Å²) in [6.07, 6.45) is 4.98. The van der Waals surface area contributed by atoms with Crippen molar-refractivity contribution in [2.45, 2.75) is 19.5 Å². The summed E-state index contributed by atoms with van der Waals surface area (Å²) in [4.78, 5) is 22.1. The number of hydrogen-bond acceptors (Lipinski definition) is 6.